The number of nitrogens with zero attached hydrogens (tertiary/aromatic N) is 1. The van der Waals surface area contributed by atoms with E-state index in [0.29, 0.717) is 17.4 Å². The van der Waals surface area contributed by atoms with Crippen LogP contribution in [0.25, 0.3) is 0 Å². The Hall–Kier alpha value is -2.27. The molecule has 0 aliphatic carbocycles. The molecule has 0 amide bonds. The summed E-state index contributed by atoms with van der Waals surface area (Å²) in [7, 11) is 0. The molecule has 98 valence electrons. The number of nitrogens with two attached hydrogens (primary N) is 1. The third-order valence-corrected chi connectivity index (χ3v) is 2.76. The number of nitrogen functional groups attached to an aromatic ring is 1. The maximum atomic E-state index is 10.9. The molecule has 0 saturated carbocycles. The standard InChI is InChI=1S/C13H12ClN3O2/c14-9-3-1-2-8(4-9)6-16-12-5-10(13(18)19)11(15)7-17-12/h1-5,7H,6,15H2,(H,16,17)(H,18,19). The summed E-state index contributed by atoms with van der Waals surface area (Å²) < 4.78 is 0. The topological polar surface area (TPSA) is 88.2 Å². The van der Waals surface area contributed by atoms with E-state index in [2.05, 4.69) is 10.3 Å². The number of benzene rings is 1. The maximum Gasteiger partial charge on any atom is 0.337 e. The first kappa shape index (κ1) is 13.2. The Morgan fingerprint density at radius 3 is 2.89 bits per heavy atom. The molecule has 0 aliphatic rings. The number of aromatic nitrogens is 1. The number of nitrogens with one attached hydrogen (secondary N) is 1. The summed E-state index contributed by atoms with van der Waals surface area (Å²) >= 11 is 5.88. The Labute approximate surface area is 115 Å². The smallest absolute Gasteiger partial charge is 0.337 e. The Morgan fingerprint density at radius 1 is 1.42 bits per heavy atom. The van der Waals surface area contributed by atoms with Gasteiger partial charge in [-0.05, 0) is 23.8 Å². The summed E-state index contributed by atoms with van der Waals surface area (Å²) in [4.78, 5) is 15.0. The molecular formula is C13H12ClN3O2. The second-order valence-electron chi connectivity index (χ2n) is 3.95. The summed E-state index contributed by atoms with van der Waals surface area (Å²) in [5, 5.41) is 12.6. The van der Waals surface area contributed by atoms with Gasteiger partial charge >= 0.3 is 5.97 Å². The van der Waals surface area contributed by atoms with Gasteiger partial charge in [0.2, 0.25) is 0 Å². The fourth-order valence-corrected chi connectivity index (χ4v) is 1.80. The monoisotopic (exact) mass is 277 g/mol. The lowest BCUT2D eigenvalue weighted by Gasteiger charge is -2.08. The van der Waals surface area contributed by atoms with Crippen molar-refractivity contribution in [2.75, 3.05) is 11.1 Å². The van der Waals surface area contributed by atoms with Crippen LogP contribution >= 0.6 is 11.6 Å². The van der Waals surface area contributed by atoms with E-state index >= 15 is 0 Å². The molecule has 0 unspecified atom stereocenters. The number of anilines is 2. The largest absolute Gasteiger partial charge is 0.478 e. The van der Waals surface area contributed by atoms with Crippen LogP contribution in [0.15, 0.2) is 36.5 Å². The van der Waals surface area contributed by atoms with Gasteiger partial charge in [-0.1, -0.05) is 23.7 Å². The van der Waals surface area contributed by atoms with E-state index in [9.17, 15) is 4.79 Å². The van der Waals surface area contributed by atoms with Crippen molar-refractivity contribution in [1.29, 1.82) is 0 Å². The minimum absolute atomic E-state index is 0.0311. The number of hydrogen-bond acceptors (Lipinski definition) is 4. The first-order valence-electron chi connectivity index (χ1n) is 5.53. The molecule has 4 N–H and O–H groups in total. The van der Waals surface area contributed by atoms with Crippen LogP contribution in [-0.4, -0.2) is 16.1 Å². The van der Waals surface area contributed by atoms with E-state index in [4.69, 9.17) is 22.4 Å². The zero-order valence-corrected chi connectivity index (χ0v) is 10.7. The highest BCUT2D eigenvalue weighted by Gasteiger charge is 2.09. The molecule has 0 bridgehead atoms. The average molecular weight is 278 g/mol. The lowest BCUT2D eigenvalue weighted by molar-refractivity contribution is 0.0698. The third kappa shape index (κ3) is 3.35. The molecule has 0 atom stereocenters. The van der Waals surface area contributed by atoms with Crippen LogP contribution in [0.5, 0.6) is 0 Å². The van der Waals surface area contributed by atoms with Crippen molar-refractivity contribution in [3.63, 3.8) is 0 Å². The van der Waals surface area contributed by atoms with Crippen molar-refractivity contribution >= 4 is 29.1 Å². The van der Waals surface area contributed by atoms with Crippen LogP contribution in [0.4, 0.5) is 11.5 Å². The van der Waals surface area contributed by atoms with E-state index in [1.54, 1.807) is 6.07 Å². The van der Waals surface area contributed by atoms with E-state index in [-0.39, 0.29) is 11.3 Å². The molecule has 2 rings (SSSR count). The highest BCUT2D eigenvalue weighted by atomic mass is 35.5. The van der Waals surface area contributed by atoms with Crippen molar-refractivity contribution in [2.45, 2.75) is 6.54 Å². The lowest BCUT2D eigenvalue weighted by Crippen LogP contribution is -2.07. The van der Waals surface area contributed by atoms with Gasteiger partial charge in [0.05, 0.1) is 17.4 Å². The molecular weight excluding hydrogens is 266 g/mol. The third-order valence-electron chi connectivity index (χ3n) is 2.53. The molecule has 0 saturated heterocycles. The molecule has 1 aromatic heterocycles. The van der Waals surface area contributed by atoms with Crippen LogP contribution in [-0.2, 0) is 6.54 Å². The van der Waals surface area contributed by atoms with Crippen molar-refractivity contribution < 1.29 is 9.90 Å². The van der Waals surface area contributed by atoms with Crippen molar-refractivity contribution in [3.05, 3.63) is 52.7 Å². The van der Waals surface area contributed by atoms with Crippen molar-refractivity contribution in [3.8, 4) is 0 Å². The zero-order valence-electron chi connectivity index (χ0n) is 9.93. The van der Waals surface area contributed by atoms with Gasteiger partial charge in [0, 0.05) is 11.6 Å². The van der Waals surface area contributed by atoms with E-state index in [0.717, 1.165) is 5.56 Å². The van der Waals surface area contributed by atoms with Crippen LogP contribution in [0.2, 0.25) is 5.02 Å². The van der Waals surface area contributed by atoms with E-state index in [1.807, 2.05) is 18.2 Å². The summed E-state index contributed by atoms with van der Waals surface area (Å²) in [5.74, 6) is -0.628. The first-order valence-corrected chi connectivity index (χ1v) is 5.91. The van der Waals surface area contributed by atoms with Gasteiger partial charge in [-0.25, -0.2) is 9.78 Å². The molecule has 0 fully saturated rings. The second-order valence-corrected chi connectivity index (χ2v) is 4.38. The fourth-order valence-electron chi connectivity index (χ4n) is 1.59. The quantitative estimate of drug-likeness (QED) is 0.799. The van der Waals surface area contributed by atoms with Gasteiger partial charge in [0.15, 0.2) is 0 Å². The maximum absolute atomic E-state index is 10.9. The Kier molecular flexibility index (Phi) is 3.87. The SMILES string of the molecule is Nc1cnc(NCc2cccc(Cl)c2)cc1C(=O)O. The Balaban J connectivity index is 2.12. The lowest BCUT2D eigenvalue weighted by atomic mass is 10.2. The number of carboxylic acids is 1. The number of halogens is 1. The Bertz CT molecular complexity index is 617. The normalized spacial score (nSPS) is 10.2. The van der Waals surface area contributed by atoms with Gasteiger partial charge < -0.3 is 16.2 Å². The Morgan fingerprint density at radius 2 is 2.21 bits per heavy atom. The molecule has 0 aliphatic heterocycles. The zero-order chi connectivity index (χ0) is 13.8. The molecule has 0 radical (unpaired) electrons. The highest BCUT2D eigenvalue weighted by Crippen LogP contribution is 2.16. The number of carbonyl (C=O) groups is 1. The van der Waals surface area contributed by atoms with Crippen molar-refractivity contribution in [2.24, 2.45) is 0 Å². The van der Waals surface area contributed by atoms with E-state index < -0.39 is 5.97 Å². The minimum Gasteiger partial charge on any atom is -0.478 e. The summed E-state index contributed by atoms with van der Waals surface area (Å²) in [6.45, 7) is 0.497. The van der Waals surface area contributed by atoms with Crippen LogP contribution < -0.4 is 11.1 Å². The minimum atomic E-state index is -1.08. The second kappa shape index (κ2) is 5.58. The van der Waals surface area contributed by atoms with Gasteiger partial charge in [0.25, 0.3) is 0 Å². The first-order chi connectivity index (χ1) is 9.06. The number of carboxylic acid groups (broad SMARTS) is 1. The molecule has 1 heterocycles. The van der Waals surface area contributed by atoms with Crippen LogP contribution in [0.1, 0.15) is 15.9 Å². The summed E-state index contributed by atoms with van der Waals surface area (Å²) in [6.07, 6.45) is 1.32. The molecule has 19 heavy (non-hydrogen) atoms. The number of aromatic carboxylic acids is 1. The number of rotatable bonds is 4. The number of hydrogen-bond donors (Lipinski definition) is 3. The average Bonchev–Trinajstić information content (AvgIpc) is 2.37. The summed E-state index contributed by atoms with van der Waals surface area (Å²) in [5.41, 5.74) is 6.67. The summed E-state index contributed by atoms with van der Waals surface area (Å²) in [6, 6.07) is 8.77. The highest BCUT2D eigenvalue weighted by molar-refractivity contribution is 6.30. The van der Waals surface area contributed by atoms with Gasteiger partial charge in [-0.15, -0.1) is 0 Å². The predicted molar refractivity (Wildman–Crippen MR) is 74.4 cm³/mol. The van der Waals surface area contributed by atoms with Crippen LogP contribution in [0, 0.1) is 0 Å². The fraction of sp³-hybridized carbons (Fsp3) is 0.0769. The molecule has 0 spiro atoms. The molecule has 5 nitrogen and oxygen atoms in total. The molecule has 2 aromatic rings. The molecule has 1 aromatic carbocycles. The van der Waals surface area contributed by atoms with Crippen LogP contribution in [0.3, 0.4) is 0 Å². The van der Waals surface area contributed by atoms with Gasteiger partial charge in [-0.3, -0.25) is 0 Å². The number of pyridine rings is 1. The molecule has 6 heteroatoms. The predicted octanol–water partition coefficient (Wildman–Crippen LogP) is 2.63. The van der Waals surface area contributed by atoms with Gasteiger partial charge in [-0.2, -0.15) is 0 Å². The van der Waals surface area contributed by atoms with Crippen molar-refractivity contribution in [1.82, 2.24) is 4.98 Å². The van der Waals surface area contributed by atoms with E-state index in [1.165, 1.54) is 12.3 Å². The van der Waals surface area contributed by atoms with Gasteiger partial charge in [0.1, 0.15) is 5.82 Å².